The molecule has 1 saturated carbocycles. The smallest absolute Gasteiger partial charge is 0.251 e. The highest BCUT2D eigenvalue weighted by Crippen LogP contribution is 2.22. The average molecular weight is 316 g/mol. The van der Waals surface area contributed by atoms with Crippen molar-refractivity contribution in [3.05, 3.63) is 46.2 Å². The van der Waals surface area contributed by atoms with Gasteiger partial charge in [0.15, 0.2) is 0 Å². The standard InChI is InChI=1S/C17H20N2O2S/c18-16-11-22-10-13(16)9-21-15-7-3-4-12(8-15)17(20)19-14-5-1-2-6-14/h3-4,7-8,10-11,14H,1-2,5-6,9,18H2,(H,19,20). The van der Waals surface area contributed by atoms with E-state index in [1.54, 1.807) is 17.4 Å². The highest BCUT2D eigenvalue weighted by Gasteiger charge is 2.18. The van der Waals surface area contributed by atoms with Crippen molar-refractivity contribution in [2.45, 2.75) is 38.3 Å². The van der Waals surface area contributed by atoms with Crippen molar-refractivity contribution in [3.63, 3.8) is 0 Å². The Morgan fingerprint density at radius 3 is 2.86 bits per heavy atom. The number of hydrogen-bond donors (Lipinski definition) is 2. The fourth-order valence-electron chi connectivity index (χ4n) is 2.68. The zero-order chi connectivity index (χ0) is 15.4. The Hall–Kier alpha value is -2.01. The molecule has 0 unspecified atom stereocenters. The number of hydrogen-bond acceptors (Lipinski definition) is 4. The summed E-state index contributed by atoms with van der Waals surface area (Å²) in [5.74, 6) is 0.664. The quantitative estimate of drug-likeness (QED) is 0.886. The van der Waals surface area contributed by atoms with Gasteiger partial charge in [-0.2, -0.15) is 0 Å². The lowest BCUT2D eigenvalue weighted by molar-refractivity contribution is 0.0937. The molecule has 2 aromatic rings. The van der Waals surface area contributed by atoms with Crippen molar-refractivity contribution < 1.29 is 9.53 Å². The van der Waals surface area contributed by atoms with E-state index in [4.69, 9.17) is 10.5 Å². The lowest BCUT2D eigenvalue weighted by atomic mass is 10.1. The molecule has 22 heavy (non-hydrogen) atoms. The second kappa shape index (κ2) is 6.83. The molecule has 1 aliphatic rings. The molecule has 0 saturated heterocycles. The number of anilines is 1. The molecule has 0 aliphatic heterocycles. The zero-order valence-corrected chi connectivity index (χ0v) is 13.2. The number of nitrogens with two attached hydrogens (primary N) is 1. The van der Waals surface area contributed by atoms with E-state index in [0.717, 1.165) is 24.1 Å². The summed E-state index contributed by atoms with van der Waals surface area (Å²) in [6.07, 6.45) is 4.57. The normalized spacial score (nSPS) is 14.9. The SMILES string of the molecule is Nc1cscc1COc1cccc(C(=O)NC2CCCC2)c1. The minimum atomic E-state index is -0.0209. The number of ether oxygens (including phenoxy) is 1. The van der Waals surface area contributed by atoms with Gasteiger partial charge in [0.25, 0.3) is 5.91 Å². The summed E-state index contributed by atoms with van der Waals surface area (Å²) < 4.78 is 5.74. The highest BCUT2D eigenvalue weighted by atomic mass is 32.1. The van der Waals surface area contributed by atoms with Crippen molar-refractivity contribution in [1.29, 1.82) is 0 Å². The first-order valence-electron chi connectivity index (χ1n) is 7.56. The number of carbonyl (C=O) groups excluding carboxylic acids is 1. The van der Waals surface area contributed by atoms with Gasteiger partial charge in [0.1, 0.15) is 12.4 Å². The second-order valence-corrected chi connectivity index (χ2v) is 6.37. The van der Waals surface area contributed by atoms with Gasteiger partial charge in [-0.15, -0.1) is 11.3 Å². The monoisotopic (exact) mass is 316 g/mol. The number of nitrogens with one attached hydrogen (secondary N) is 1. The van der Waals surface area contributed by atoms with Crippen LogP contribution in [0.15, 0.2) is 35.0 Å². The molecule has 1 aromatic heterocycles. The lowest BCUT2D eigenvalue weighted by Gasteiger charge is -2.12. The molecule has 1 aliphatic carbocycles. The Balaban J connectivity index is 1.61. The predicted octanol–water partition coefficient (Wildman–Crippen LogP) is 3.58. The van der Waals surface area contributed by atoms with Crippen molar-refractivity contribution >= 4 is 22.9 Å². The minimum absolute atomic E-state index is 0.0209. The van der Waals surface area contributed by atoms with Crippen LogP contribution < -0.4 is 15.8 Å². The number of rotatable bonds is 5. The van der Waals surface area contributed by atoms with Crippen LogP contribution in [0.2, 0.25) is 0 Å². The van der Waals surface area contributed by atoms with Crippen LogP contribution >= 0.6 is 11.3 Å². The molecular formula is C17H20N2O2S. The fourth-order valence-corrected chi connectivity index (χ4v) is 3.41. The third kappa shape index (κ3) is 3.60. The molecule has 116 valence electrons. The Bertz CT molecular complexity index is 648. The third-order valence-electron chi connectivity index (χ3n) is 3.96. The van der Waals surface area contributed by atoms with E-state index in [-0.39, 0.29) is 5.91 Å². The van der Waals surface area contributed by atoms with Crippen LogP contribution in [0.4, 0.5) is 5.69 Å². The van der Waals surface area contributed by atoms with Gasteiger partial charge in [-0.05, 0) is 36.4 Å². The van der Waals surface area contributed by atoms with Crippen LogP contribution in [-0.4, -0.2) is 11.9 Å². The summed E-state index contributed by atoms with van der Waals surface area (Å²) in [5.41, 5.74) is 8.21. The van der Waals surface area contributed by atoms with Crippen molar-refractivity contribution in [3.8, 4) is 5.75 Å². The Labute approximate surface area is 134 Å². The van der Waals surface area contributed by atoms with Gasteiger partial charge in [0, 0.05) is 28.2 Å². The number of benzene rings is 1. The molecule has 0 spiro atoms. The second-order valence-electron chi connectivity index (χ2n) is 5.62. The summed E-state index contributed by atoms with van der Waals surface area (Å²) in [6, 6.07) is 7.62. The first-order valence-corrected chi connectivity index (χ1v) is 8.51. The molecule has 1 fully saturated rings. The van der Waals surface area contributed by atoms with Crippen LogP contribution in [0.5, 0.6) is 5.75 Å². The number of thiophene rings is 1. The van der Waals surface area contributed by atoms with Gasteiger partial charge in [0.2, 0.25) is 0 Å². The van der Waals surface area contributed by atoms with E-state index in [2.05, 4.69) is 5.32 Å². The molecular weight excluding hydrogens is 296 g/mol. The molecule has 5 heteroatoms. The van der Waals surface area contributed by atoms with Gasteiger partial charge in [-0.3, -0.25) is 4.79 Å². The lowest BCUT2D eigenvalue weighted by Crippen LogP contribution is -2.32. The molecule has 1 aromatic carbocycles. The van der Waals surface area contributed by atoms with Gasteiger partial charge in [-0.1, -0.05) is 18.9 Å². The average Bonchev–Trinajstić information content (AvgIpc) is 3.17. The maximum Gasteiger partial charge on any atom is 0.251 e. The van der Waals surface area contributed by atoms with Crippen LogP contribution in [0.1, 0.15) is 41.6 Å². The zero-order valence-electron chi connectivity index (χ0n) is 12.4. The van der Waals surface area contributed by atoms with Crippen LogP contribution in [0.25, 0.3) is 0 Å². The van der Waals surface area contributed by atoms with Gasteiger partial charge < -0.3 is 15.8 Å². The van der Waals surface area contributed by atoms with Crippen molar-refractivity contribution in [2.24, 2.45) is 0 Å². The molecule has 0 bridgehead atoms. The molecule has 4 nitrogen and oxygen atoms in total. The summed E-state index contributed by atoms with van der Waals surface area (Å²) >= 11 is 1.56. The van der Waals surface area contributed by atoms with Gasteiger partial charge in [0.05, 0.1) is 0 Å². The Morgan fingerprint density at radius 2 is 2.14 bits per heavy atom. The van der Waals surface area contributed by atoms with Crippen LogP contribution in [-0.2, 0) is 6.61 Å². The molecule has 3 N–H and O–H groups in total. The summed E-state index contributed by atoms with van der Waals surface area (Å²) in [5, 5.41) is 6.96. The third-order valence-corrected chi connectivity index (χ3v) is 4.77. The minimum Gasteiger partial charge on any atom is -0.489 e. The first-order chi connectivity index (χ1) is 10.7. The van der Waals surface area contributed by atoms with Crippen molar-refractivity contribution in [1.82, 2.24) is 5.32 Å². The largest absolute Gasteiger partial charge is 0.489 e. The Morgan fingerprint density at radius 1 is 1.32 bits per heavy atom. The summed E-state index contributed by atoms with van der Waals surface area (Å²) in [4.78, 5) is 12.3. The molecule has 1 heterocycles. The Kier molecular flexibility index (Phi) is 4.63. The number of nitrogen functional groups attached to an aromatic ring is 1. The topological polar surface area (TPSA) is 64.3 Å². The number of carbonyl (C=O) groups is 1. The summed E-state index contributed by atoms with van der Waals surface area (Å²) in [7, 11) is 0. The van der Waals surface area contributed by atoms with Gasteiger partial charge >= 0.3 is 0 Å². The maximum atomic E-state index is 12.3. The van der Waals surface area contributed by atoms with Crippen molar-refractivity contribution in [2.75, 3.05) is 5.73 Å². The van der Waals surface area contributed by atoms with E-state index in [1.165, 1.54) is 12.8 Å². The fraction of sp³-hybridized carbons (Fsp3) is 0.353. The first kappa shape index (κ1) is 14.9. The van der Waals surface area contributed by atoms with E-state index in [9.17, 15) is 4.79 Å². The molecule has 1 amide bonds. The van der Waals surface area contributed by atoms with Gasteiger partial charge in [-0.25, -0.2) is 0 Å². The summed E-state index contributed by atoms with van der Waals surface area (Å²) in [6.45, 7) is 0.420. The molecule has 0 atom stereocenters. The van der Waals surface area contributed by atoms with Crippen LogP contribution in [0, 0.1) is 0 Å². The van der Waals surface area contributed by atoms with E-state index < -0.39 is 0 Å². The highest BCUT2D eigenvalue weighted by molar-refractivity contribution is 7.08. The van der Waals surface area contributed by atoms with E-state index in [1.807, 2.05) is 29.0 Å². The van der Waals surface area contributed by atoms with E-state index >= 15 is 0 Å². The van der Waals surface area contributed by atoms with Crippen LogP contribution in [0.3, 0.4) is 0 Å². The van der Waals surface area contributed by atoms with E-state index in [0.29, 0.717) is 24.0 Å². The predicted molar refractivity (Wildman–Crippen MR) is 89.2 cm³/mol. The molecule has 0 radical (unpaired) electrons. The molecule has 3 rings (SSSR count). The maximum absolute atomic E-state index is 12.3. The number of amides is 1.